The smallest absolute Gasteiger partial charge is 0.248 e. The lowest BCUT2D eigenvalue weighted by Gasteiger charge is -2.37. The number of carbonyl (C=O) groups excluding carboxylic acids is 2. The number of benzene rings is 1. The van der Waals surface area contributed by atoms with Gasteiger partial charge in [0.1, 0.15) is 23.5 Å². The van der Waals surface area contributed by atoms with E-state index in [1.165, 1.54) is 0 Å². The summed E-state index contributed by atoms with van der Waals surface area (Å²) in [6.45, 7) is 0.616. The van der Waals surface area contributed by atoms with Crippen LogP contribution in [0.1, 0.15) is 12.8 Å². The molecule has 3 unspecified atom stereocenters. The van der Waals surface area contributed by atoms with E-state index in [2.05, 4.69) is 10.4 Å². The van der Waals surface area contributed by atoms with Gasteiger partial charge in [0.2, 0.25) is 5.91 Å². The lowest BCUT2D eigenvalue weighted by molar-refractivity contribution is -0.120. The Morgan fingerprint density at radius 2 is 1.97 bits per heavy atom. The van der Waals surface area contributed by atoms with E-state index in [0.29, 0.717) is 35.9 Å². The fourth-order valence-corrected chi connectivity index (χ4v) is 4.64. The van der Waals surface area contributed by atoms with Crippen molar-refractivity contribution in [2.45, 2.75) is 18.9 Å². The summed E-state index contributed by atoms with van der Waals surface area (Å²) in [5.41, 5.74) is 0.534. The predicted molar refractivity (Wildman–Crippen MR) is 130 cm³/mol. The molecule has 3 aliphatic rings. The Kier molecular flexibility index (Phi) is 6.86. The molecule has 2 aliphatic carbocycles. The van der Waals surface area contributed by atoms with Gasteiger partial charge < -0.3 is 24.3 Å². The molecule has 8 heteroatoms. The van der Waals surface area contributed by atoms with Crippen molar-refractivity contribution in [1.29, 1.82) is 0 Å². The van der Waals surface area contributed by atoms with Crippen molar-refractivity contribution in [2.24, 2.45) is 16.4 Å². The molecule has 1 amide bonds. The number of anilines is 1. The number of hydrogen-bond acceptors (Lipinski definition) is 7. The minimum Gasteiger partial charge on any atom is -0.500 e. The van der Waals surface area contributed by atoms with Crippen molar-refractivity contribution in [2.75, 3.05) is 33.2 Å². The van der Waals surface area contributed by atoms with E-state index in [-0.39, 0.29) is 11.8 Å². The highest BCUT2D eigenvalue weighted by Crippen LogP contribution is 2.43. The Morgan fingerprint density at radius 3 is 2.71 bits per heavy atom. The number of methoxy groups -OCH3 is 3. The maximum atomic E-state index is 13.1. The lowest BCUT2D eigenvalue weighted by atomic mass is 9.68. The van der Waals surface area contributed by atoms with Crippen LogP contribution in [-0.4, -0.2) is 57.3 Å². The quantitative estimate of drug-likeness (QED) is 0.469. The zero-order valence-corrected chi connectivity index (χ0v) is 19.6. The number of hydrogen-bond donors (Lipinski definition) is 1. The summed E-state index contributed by atoms with van der Waals surface area (Å²) in [6, 6.07) is 4.77. The number of nitrogens with one attached hydrogen (secondary N) is 1. The summed E-state index contributed by atoms with van der Waals surface area (Å²) in [7, 11) is 4.66. The van der Waals surface area contributed by atoms with Crippen LogP contribution in [0.4, 0.5) is 5.69 Å². The monoisotopic (exact) mass is 463 g/mol. The molecule has 1 aliphatic heterocycles. The Bertz CT molecular complexity index is 1100. The topological polar surface area (TPSA) is 89.5 Å². The first-order valence-corrected chi connectivity index (χ1v) is 11.2. The van der Waals surface area contributed by atoms with Gasteiger partial charge in [-0.3, -0.25) is 9.80 Å². The summed E-state index contributed by atoms with van der Waals surface area (Å²) >= 11 is 0. The predicted octanol–water partition coefficient (Wildman–Crippen LogP) is 3.49. The van der Waals surface area contributed by atoms with E-state index in [1.807, 2.05) is 30.4 Å². The van der Waals surface area contributed by atoms with Gasteiger partial charge in [-0.05, 0) is 36.6 Å². The number of allylic oxidation sites excluding steroid dienone is 8. The number of ether oxygens (including phenoxy) is 3. The van der Waals surface area contributed by atoms with E-state index >= 15 is 0 Å². The molecule has 178 valence electrons. The molecule has 0 saturated carbocycles. The second kappa shape index (κ2) is 9.99. The second-order valence-corrected chi connectivity index (χ2v) is 8.30. The fourth-order valence-electron chi connectivity index (χ4n) is 4.64. The molecule has 1 heterocycles. The van der Waals surface area contributed by atoms with Crippen LogP contribution in [0.3, 0.4) is 0 Å². The number of rotatable bonds is 8. The third-order valence-corrected chi connectivity index (χ3v) is 6.44. The number of hydrazone groups is 1. The first kappa shape index (κ1) is 23.4. The third kappa shape index (κ3) is 4.23. The van der Waals surface area contributed by atoms with Gasteiger partial charge >= 0.3 is 0 Å². The molecule has 0 aromatic heterocycles. The molecule has 1 aromatic rings. The Hall–Kier alpha value is -3.81. The largest absolute Gasteiger partial charge is 0.500 e. The van der Waals surface area contributed by atoms with E-state index in [0.717, 1.165) is 18.3 Å². The van der Waals surface area contributed by atoms with Gasteiger partial charge in [0, 0.05) is 30.4 Å². The van der Waals surface area contributed by atoms with E-state index in [9.17, 15) is 9.59 Å². The molecule has 34 heavy (non-hydrogen) atoms. The van der Waals surface area contributed by atoms with Crippen LogP contribution in [0.2, 0.25) is 0 Å². The van der Waals surface area contributed by atoms with Gasteiger partial charge in [-0.25, -0.2) is 0 Å². The average Bonchev–Trinajstić information content (AvgIpc) is 3.36. The van der Waals surface area contributed by atoms with E-state index in [4.69, 9.17) is 14.2 Å². The van der Waals surface area contributed by atoms with Crippen LogP contribution >= 0.6 is 0 Å². The molecule has 1 N–H and O–H groups in total. The van der Waals surface area contributed by atoms with Crippen LogP contribution in [0.25, 0.3) is 0 Å². The van der Waals surface area contributed by atoms with E-state index in [1.54, 1.807) is 56.8 Å². The molecule has 1 saturated heterocycles. The van der Waals surface area contributed by atoms with Crippen molar-refractivity contribution in [1.82, 2.24) is 5.01 Å². The molecule has 1 fully saturated rings. The van der Waals surface area contributed by atoms with Crippen LogP contribution in [0.15, 0.2) is 71.1 Å². The Balaban J connectivity index is 1.54. The highest BCUT2D eigenvalue weighted by Gasteiger charge is 2.45. The van der Waals surface area contributed by atoms with Crippen LogP contribution in [0.5, 0.6) is 11.5 Å². The minimum absolute atomic E-state index is 0.172. The number of amides is 1. The normalized spacial score (nSPS) is 25.4. The number of nitrogens with zero attached hydrogens (tertiary/aromatic N) is 2. The molecule has 0 spiro atoms. The van der Waals surface area contributed by atoms with Crippen LogP contribution in [0, 0.1) is 11.3 Å². The lowest BCUT2D eigenvalue weighted by Crippen LogP contribution is -2.41. The highest BCUT2D eigenvalue weighted by molar-refractivity contribution is 5.96. The molecular formula is C26H29N3O5. The molecule has 0 radical (unpaired) electrons. The van der Waals surface area contributed by atoms with Crippen LogP contribution < -0.4 is 14.8 Å². The van der Waals surface area contributed by atoms with Crippen molar-refractivity contribution >= 4 is 24.1 Å². The van der Waals surface area contributed by atoms with Gasteiger partial charge in [-0.2, -0.15) is 5.10 Å². The maximum Gasteiger partial charge on any atom is 0.248 e. The first-order valence-electron chi connectivity index (χ1n) is 11.2. The molecule has 0 bridgehead atoms. The van der Waals surface area contributed by atoms with E-state index < -0.39 is 11.5 Å². The maximum absolute atomic E-state index is 13.1. The second-order valence-electron chi connectivity index (χ2n) is 8.30. The number of carbonyl (C=O) groups is 2. The summed E-state index contributed by atoms with van der Waals surface area (Å²) in [6.07, 6.45) is 15.6. The van der Waals surface area contributed by atoms with Crippen molar-refractivity contribution in [3.8, 4) is 11.5 Å². The standard InChI is InChI=1S/C26H29N3O5/c1-32-22-12-11-19(15-23(22)33-2)28-25(31)21-9-6-14-29(21)27-16-26(17-30)20-8-5-4-7-18(20)10-13-24(26)34-3/h4-5,7-8,10-13,15-17,20-21H,6,9,14H2,1-3H3,(H,28,31)/b27-16+. The average molecular weight is 464 g/mol. The first-order chi connectivity index (χ1) is 16.6. The SMILES string of the molecule is COC1=CC=C2C=CC=CC2C1(C=O)/C=N/N1CCCC1C(=O)Nc1ccc(OC)c(OC)c1. The highest BCUT2D eigenvalue weighted by atomic mass is 16.5. The molecule has 1 aromatic carbocycles. The summed E-state index contributed by atoms with van der Waals surface area (Å²) in [4.78, 5) is 25.6. The molecule has 4 rings (SSSR count). The Labute approximate surface area is 199 Å². The fraction of sp³-hybridized carbons (Fsp3) is 0.346. The minimum atomic E-state index is -1.08. The number of fused-ring (bicyclic) bond motifs is 1. The van der Waals surface area contributed by atoms with Crippen molar-refractivity contribution < 1.29 is 23.8 Å². The summed E-state index contributed by atoms with van der Waals surface area (Å²) < 4.78 is 16.2. The molecule has 3 atom stereocenters. The zero-order chi connectivity index (χ0) is 24.1. The van der Waals surface area contributed by atoms with Gasteiger partial charge in [0.15, 0.2) is 11.5 Å². The Morgan fingerprint density at radius 1 is 1.15 bits per heavy atom. The van der Waals surface area contributed by atoms with Gasteiger partial charge in [0.25, 0.3) is 0 Å². The zero-order valence-electron chi connectivity index (χ0n) is 19.6. The van der Waals surface area contributed by atoms with Crippen LogP contribution in [-0.2, 0) is 14.3 Å². The molecular weight excluding hydrogens is 434 g/mol. The summed E-state index contributed by atoms with van der Waals surface area (Å²) in [5, 5.41) is 9.34. The van der Waals surface area contributed by atoms with Crippen molar-refractivity contribution in [3.05, 3.63) is 66.0 Å². The van der Waals surface area contributed by atoms with Gasteiger partial charge in [-0.1, -0.05) is 30.4 Å². The van der Waals surface area contributed by atoms with Gasteiger partial charge in [-0.15, -0.1) is 0 Å². The van der Waals surface area contributed by atoms with Gasteiger partial charge in [0.05, 0.1) is 21.3 Å². The van der Waals surface area contributed by atoms with Crippen molar-refractivity contribution in [3.63, 3.8) is 0 Å². The summed E-state index contributed by atoms with van der Waals surface area (Å²) in [5.74, 6) is 1.24. The molecule has 8 nitrogen and oxygen atoms in total. The third-order valence-electron chi connectivity index (χ3n) is 6.44. The number of aldehydes is 1.